The summed E-state index contributed by atoms with van der Waals surface area (Å²) in [4.78, 5) is 42.0. The van der Waals surface area contributed by atoms with E-state index in [2.05, 4.69) is 6.92 Å². The van der Waals surface area contributed by atoms with Crippen LogP contribution in [0.2, 0.25) is 0 Å². The summed E-state index contributed by atoms with van der Waals surface area (Å²) in [6.07, 6.45) is 1.75. The van der Waals surface area contributed by atoms with Crippen LogP contribution in [0.15, 0.2) is 77.6 Å². The minimum absolute atomic E-state index is 0.0792. The van der Waals surface area contributed by atoms with E-state index >= 15 is 0 Å². The number of hydrogen-bond donors (Lipinski definition) is 0. The van der Waals surface area contributed by atoms with Crippen LogP contribution in [-0.4, -0.2) is 27.9 Å². The summed E-state index contributed by atoms with van der Waals surface area (Å²) in [6.45, 7) is 9.34. The quantitative estimate of drug-likeness (QED) is 0.164. The van der Waals surface area contributed by atoms with Gasteiger partial charge in [0.1, 0.15) is 18.1 Å². The highest BCUT2D eigenvalue weighted by atomic mass is 16.5. The van der Waals surface area contributed by atoms with Gasteiger partial charge in [0.2, 0.25) is 0 Å². The lowest BCUT2D eigenvalue weighted by atomic mass is 9.96. The molecule has 3 aromatic carbocycles. The smallest absolute Gasteiger partial charge is 0.261 e. The summed E-state index contributed by atoms with van der Waals surface area (Å²) in [6, 6.07) is 22.1. The van der Waals surface area contributed by atoms with Crippen molar-refractivity contribution < 1.29 is 19.1 Å². The second-order valence-corrected chi connectivity index (χ2v) is 11.7. The molecule has 0 spiro atoms. The van der Waals surface area contributed by atoms with E-state index in [-0.39, 0.29) is 29.3 Å². The molecule has 0 saturated heterocycles. The molecule has 41 heavy (non-hydrogen) atoms. The van der Waals surface area contributed by atoms with Crippen molar-refractivity contribution in [2.75, 3.05) is 6.61 Å². The van der Waals surface area contributed by atoms with Gasteiger partial charge >= 0.3 is 0 Å². The van der Waals surface area contributed by atoms with Crippen LogP contribution in [0.25, 0.3) is 10.8 Å². The zero-order valence-electron chi connectivity index (χ0n) is 24.1. The average Bonchev–Trinajstić information content (AvgIpc) is 3.20. The third-order valence-corrected chi connectivity index (χ3v) is 7.11. The van der Waals surface area contributed by atoms with Crippen LogP contribution in [0.3, 0.4) is 0 Å². The molecule has 0 aliphatic carbocycles. The maximum Gasteiger partial charge on any atom is 0.261 e. The van der Waals surface area contributed by atoms with Crippen molar-refractivity contribution in [3.63, 3.8) is 0 Å². The Labute approximate surface area is 240 Å². The van der Waals surface area contributed by atoms with Gasteiger partial charge in [-0.1, -0.05) is 76.6 Å². The van der Waals surface area contributed by atoms with Gasteiger partial charge in [-0.2, -0.15) is 0 Å². The molecule has 2 heterocycles. The van der Waals surface area contributed by atoms with Crippen molar-refractivity contribution in [2.24, 2.45) is 5.41 Å². The summed E-state index contributed by atoms with van der Waals surface area (Å²) in [5.41, 5.74) is 1.82. The van der Waals surface area contributed by atoms with Crippen molar-refractivity contribution in [3.8, 4) is 11.5 Å². The fourth-order valence-electron chi connectivity index (χ4n) is 5.09. The van der Waals surface area contributed by atoms with Crippen LogP contribution >= 0.6 is 0 Å². The second-order valence-electron chi connectivity index (χ2n) is 11.7. The standard InChI is InChI=1S/C34H36N2O5/c1-5-6-18-40-30-28-19-24(41-21-23-12-8-7-9-13-23)16-17-27(28)33(39)36(22-34(2,3)4)29(30)20-35-31(37)25-14-10-11-15-26(25)32(35)38/h7-17,19H,5-6,18,20-22H2,1-4H3. The third-order valence-electron chi connectivity index (χ3n) is 7.11. The van der Waals surface area contributed by atoms with E-state index in [4.69, 9.17) is 9.47 Å². The van der Waals surface area contributed by atoms with Gasteiger partial charge in [0.15, 0.2) is 0 Å². The maximum atomic E-state index is 14.0. The van der Waals surface area contributed by atoms with Gasteiger partial charge in [-0.05, 0) is 47.7 Å². The number of amides is 2. The first-order valence-corrected chi connectivity index (χ1v) is 14.1. The minimum atomic E-state index is -0.375. The Balaban J connectivity index is 1.64. The minimum Gasteiger partial charge on any atom is -0.491 e. The molecule has 1 aliphatic heterocycles. The Hall–Kier alpha value is -4.39. The predicted octanol–water partition coefficient (Wildman–Crippen LogP) is 6.60. The number of hydrogen-bond acceptors (Lipinski definition) is 5. The monoisotopic (exact) mass is 552 g/mol. The summed E-state index contributed by atoms with van der Waals surface area (Å²) in [5, 5.41) is 1.10. The van der Waals surface area contributed by atoms with E-state index in [0.717, 1.165) is 18.4 Å². The SMILES string of the molecule is CCCCOc1c(CN2C(=O)c3ccccc3C2=O)n(CC(C)(C)C)c(=O)c2ccc(OCc3ccccc3)cc12. The van der Waals surface area contributed by atoms with Crippen LogP contribution in [0.5, 0.6) is 11.5 Å². The number of imide groups is 1. The number of carbonyl (C=O) groups excluding carboxylic acids is 2. The number of benzene rings is 3. The van der Waals surface area contributed by atoms with Crippen molar-refractivity contribution in [2.45, 2.75) is 60.2 Å². The largest absolute Gasteiger partial charge is 0.491 e. The first-order valence-electron chi connectivity index (χ1n) is 14.1. The maximum absolute atomic E-state index is 14.0. The Morgan fingerprint density at radius 1 is 0.780 bits per heavy atom. The number of rotatable bonds is 10. The third kappa shape index (κ3) is 5.89. The Kier molecular flexibility index (Phi) is 7.97. The van der Waals surface area contributed by atoms with Crippen LogP contribution in [0, 0.1) is 5.41 Å². The molecule has 0 saturated carbocycles. The van der Waals surface area contributed by atoms with Gasteiger partial charge in [-0.25, -0.2) is 0 Å². The lowest BCUT2D eigenvalue weighted by Gasteiger charge is -2.27. The topological polar surface area (TPSA) is 77.8 Å². The molecular formula is C34H36N2O5. The molecule has 4 aromatic rings. The van der Waals surface area contributed by atoms with Crippen LogP contribution < -0.4 is 15.0 Å². The first-order chi connectivity index (χ1) is 19.7. The van der Waals surface area contributed by atoms with Crippen LogP contribution in [0.1, 0.15) is 72.5 Å². The molecule has 212 valence electrons. The molecule has 0 atom stereocenters. The molecule has 2 amide bonds. The summed E-state index contributed by atoms with van der Waals surface area (Å²) in [5.74, 6) is 0.347. The highest BCUT2D eigenvalue weighted by molar-refractivity contribution is 6.21. The van der Waals surface area contributed by atoms with Crippen molar-refractivity contribution in [3.05, 3.63) is 106 Å². The summed E-state index contributed by atoms with van der Waals surface area (Å²) in [7, 11) is 0. The molecule has 7 nitrogen and oxygen atoms in total. The first kappa shape index (κ1) is 28.1. The number of unbranched alkanes of at least 4 members (excludes halogenated alkanes) is 1. The number of ether oxygens (including phenoxy) is 2. The molecule has 0 bridgehead atoms. The van der Waals surface area contributed by atoms with Gasteiger partial charge in [0, 0.05) is 11.9 Å². The van der Waals surface area contributed by atoms with Crippen molar-refractivity contribution >= 4 is 22.6 Å². The molecule has 0 unspecified atom stereocenters. The number of nitrogens with zero attached hydrogens (tertiary/aromatic N) is 2. The van der Waals surface area contributed by atoms with Gasteiger partial charge < -0.3 is 14.0 Å². The van der Waals surface area contributed by atoms with E-state index in [0.29, 0.717) is 58.9 Å². The van der Waals surface area contributed by atoms with Crippen molar-refractivity contribution in [1.29, 1.82) is 0 Å². The van der Waals surface area contributed by atoms with Gasteiger partial charge in [0.25, 0.3) is 17.4 Å². The van der Waals surface area contributed by atoms with Crippen LogP contribution in [-0.2, 0) is 19.7 Å². The number of aromatic nitrogens is 1. The lowest BCUT2D eigenvalue weighted by Crippen LogP contribution is -2.36. The average molecular weight is 553 g/mol. The molecule has 1 aromatic heterocycles. The highest BCUT2D eigenvalue weighted by Crippen LogP contribution is 2.35. The normalized spacial score (nSPS) is 13.1. The number of fused-ring (bicyclic) bond motifs is 2. The number of carbonyl (C=O) groups is 2. The lowest BCUT2D eigenvalue weighted by molar-refractivity contribution is 0.0636. The molecule has 0 N–H and O–H groups in total. The second kappa shape index (κ2) is 11.6. The van der Waals surface area contributed by atoms with E-state index in [1.165, 1.54) is 4.90 Å². The van der Waals surface area contributed by atoms with Gasteiger partial charge in [-0.15, -0.1) is 0 Å². The molecule has 7 heteroatoms. The molecule has 0 radical (unpaired) electrons. The van der Waals surface area contributed by atoms with E-state index in [1.807, 2.05) is 57.2 Å². The summed E-state index contributed by atoms with van der Waals surface area (Å²) >= 11 is 0. The zero-order valence-corrected chi connectivity index (χ0v) is 24.1. The highest BCUT2D eigenvalue weighted by Gasteiger charge is 2.37. The fraction of sp³-hybridized carbons (Fsp3) is 0.324. The Morgan fingerprint density at radius 2 is 1.44 bits per heavy atom. The summed E-state index contributed by atoms with van der Waals surface area (Å²) < 4.78 is 14.2. The fourth-order valence-corrected chi connectivity index (χ4v) is 5.09. The van der Waals surface area contributed by atoms with E-state index in [1.54, 1.807) is 41.0 Å². The van der Waals surface area contributed by atoms with E-state index < -0.39 is 0 Å². The van der Waals surface area contributed by atoms with Crippen LogP contribution in [0.4, 0.5) is 0 Å². The van der Waals surface area contributed by atoms with E-state index in [9.17, 15) is 14.4 Å². The van der Waals surface area contributed by atoms with Gasteiger partial charge in [-0.3, -0.25) is 19.3 Å². The number of pyridine rings is 1. The molecule has 5 rings (SSSR count). The molecular weight excluding hydrogens is 516 g/mol. The molecule has 1 aliphatic rings. The Morgan fingerprint density at radius 3 is 2.07 bits per heavy atom. The van der Waals surface area contributed by atoms with Gasteiger partial charge in [0.05, 0.1) is 35.4 Å². The predicted molar refractivity (Wildman–Crippen MR) is 159 cm³/mol. The molecule has 0 fully saturated rings. The van der Waals surface area contributed by atoms with Crippen molar-refractivity contribution in [1.82, 2.24) is 9.47 Å². The Bertz CT molecular complexity index is 1620. The zero-order chi connectivity index (χ0) is 29.1.